The van der Waals surface area contributed by atoms with Crippen LogP contribution in [0.5, 0.6) is 0 Å². The summed E-state index contributed by atoms with van der Waals surface area (Å²) in [6.45, 7) is 1.68. The molecule has 5 rings (SSSR count). The molecule has 0 aliphatic carbocycles. The maximum Gasteiger partial charge on any atom is 0.352 e. The van der Waals surface area contributed by atoms with Gasteiger partial charge in [-0.1, -0.05) is 16.9 Å². The average Bonchev–Trinajstić information content (AvgIpc) is 3.49. The van der Waals surface area contributed by atoms with E-state index in [1.807, 2.05) is 0 Å². The van der Waals surface area contributed by atoms with Crippen LogP contribution in [0.2, 0.25) is 0 Å². The smallest absolute Gasteiger partial charge is 0.352 e. The fourth-order valence-corrected chi connectivity index (χ4v) is 6.76. The molecular weight excluding hydrogens is 558 g/mol. The van der Waals surface area contributed by atoms with E-state index in [-0.39, 0.29) is 39.3 Å². The maximum absolute atomic E-state index is 13.0. The molecule has 1 saturated heterocycles. The largest absolute Gasteiger partial charge is 0.477 e. The van der Waals surface area contributed by atoms with E-state index < -0.39 is 29.2 Å². The lowest BCUT2D eigenvalue weighted by molar-refractivity contribution is -0.150. The van der Waals surface area contributed by atoms with Crippen molar-refractivity contribution in [2.75, 3.05) is 24.3 Å². The molecule has 5 heterocycles. The van der Waals surface area contributed by atoms with Gasteiger partial charge in [0, 0.05) is 28.6 Å². The minimum absolute atomic E-state index is 0.142. The number of carboxylic acids is 1. The minimum Gasteiger partial charge on any atom is -0.477 e. The summed E-state index contributed by atoms with van der Waals surface area (Å²) in [4.78, 5) is 68.5. The van der Waals surface area contributed by atoms with Gasteiger partial charge in [0.1, 0.15) is 29.9 Å². The van der Waals surface area contributed by atoms with Crippen molar-refractivity contribution in [1.29, 1.82) is 0 Å². The minimum atomic E-state index is -1.26. The highest BCUT2D eigenvalue weighted by molar-refractivity contribution is 8.01. The fourth-order valence-electron chi connectivity index (χ4n) is 3.89. The third kappa shape index (κ3) is 4.61. The molecule has 0 spiro atoms. The topological polar surface area (TPSA) is 210 Å². The monoisotopic (exact) mass is 577 g/mol. The Labute approximate surface area is 225 Å². The zero-order valence-corrected chi connectivity index (χ0v) is 22.1. The summed E-state index contributed by atoms with van der Waals surface area (Å²) in [5.74, 6) is -1.83. The predicted octanol–water partition coefficient (Wildman–Crippen LogP) is -0.354. The first-order chi connectivity index (χ1) is 18.2. The van der Waals surface area contributed by atoms with Gasteiger partial charge < -0.3 is 21.0 Å². The normalized spacial score (nSPS) is 19.4. The van der Waals surface area contributed by atoms with Gasteiger partial charge >= 0.3 is 5.97 Å². The Morgan fingerprint density at radius 2 is 2.16 bits per heavy atom. The zero-order chi connectivity index (χ0) is 27.1. The summed E-state index contributed by atoms with van der Waals surface area (Å²) < 4.78 is 1.20. The number of H-pyrrole nitrogens is 1. The molecule has 2 amide bonds. The van der Waals surface area contributed by atoms with Crippen molar-refractivity contribution >= 4 is 69.3 Å². The number of aryl methyl sites for hydroxylation is 1. The molecule has 2 aliphatic heterocycles. The number of hydrogen-bond donors (Lipinski definition) is 4. The predicted molar refractivity (Wildman–Crippen MR) is 139 cm³/mol. The van der Waals surface area contributed by atoms with Crippen LogP contribution in [0.3, 0.4) is 0 Å². The Morgan fingerprint density at radius 1 is 1.37 bits per heavy atom. The lowest BCUT2D eigenvalue weighted by atomic mass is 10.0. The van der Waals surface area contributed by atoms with Crippen LogP contribution in [0.1, 0.15) is 11.4 Å². The average molecular weight is 578 g/mol. The first-order valence-electron chi connectivity index (χ1n) is 10.8. The van der Waals surface area contributed by atoms with Gasteiger partial charge in [-0.05, 0) is 12.5 Å². The summed E-state index contributed by atoms with van der Waals surface area (Å²) in [6, 6.07) is 0.398. The lowest BCUT2D eigenvalue weighted by Gasteiger charge is -2.49. The number of nitrogens with two attached hydrogens (primary N) is 1. The molecule has 2 atom stereocenters. The number of amides is 2. The van der Waals surface area contributed by atoms with Crippen molar-refractivity contribution in [3.8, 4) is 0 Å². The Morgan fingerprint density at radius 3 is 2.84 bits per heavy atom. The number of β-lactam (4-membered cyclic amide) rings is 1. The van der Waals surface area contributed by atoms with E-state index in [4.69, 9.17) is 10.6 Å². The second-order valence-corrected chi connectivity index (χ2v) is 11.0. The van der Waals surface area contributed by atoms with E-state index in [2.05, 4.69) is 30.5 Å². The van der Waals surface area contributed by atoms with Crippen molar-refractivity contribution < 1.29 is 24.3 Å². The maximum atomic E-state index is 13.0. The van der Waals surface area contributed by atoms with Crippen LogP contribution in [-0.4, -0.2) is 88.1 Å². The van der Waals surface area contributed by atoms with Crippen LogP contribution >= 0.6 is 34.9 Å². The van der Waals surface area contributed by atoms with Gasteiger partial charge in [-0.25, -0.2) is 14.8 Å². The highest BCUT2D eigenvalue weighted by Gasteiger charge is 2.54. The first-order valence-corrected chi connectivity index (χ1v) is 13.7. The third-order valence-electron chi connectivity index (χ3n) is 5.52. The molecule has 0 aromatic carbocycles. The highest BCUT2D eigenvalue weighted by Crippen LogP contribution is 2.41. The molecule has 0 radical (unpaired) electrons. The van der Waals surface area contributed by atoms with Gasteiger partial charge in [-0.15, -0.1) is 23.1 Å². The van der Waals surface area contributed by atoms with Crippen LogP contribution in [0.15, 0.2) is 37.8 Å². The fraction of sp³-hybridized carbons (Fsp3) is 0.300. The highest BCUT2D eigenvalue weighted by atomic mass is 32.2. The number of nitrogens with one attached hydrogen (secondary N) is 2. The number of carboxylic acid groups (broad SMARTS) is 1. The molecule has 5 N–H and O–H groups in total. The van der Waals surface area contributed by atoms with E-state index in [0.717, 1.165) is 11.3 Å². The summed E-state index contributed by atoms with van der Waals surface area (Å²) in [6.07, 6.45) is 0. The molecule has 38 heavy (non-hydrogen) atoms. The van der Waals surface area contributed by atoms with E-state index in [1.165, 1.54) is 51.5 Å². The Hall–Kier alpha value is -3.90. The van der Waals surface area contributed by atoms with E-state index in [0.29, 0.717) is 22.2 Å². The number of nitrogens with zero attached hydrogens (tertiary/aromatic N) is 6. The molecule has 198 valence electrons. The summed E-state index contributed by atoms with van der Waals surface area (Å²) >= 11 is 3.61. The standard InChI is InChI=1S/C20H19N9O6S3/c1-7-3-10(30)29-19(22-7)25-20(26-29)38-5-8-4-36-16-12(15(32)28(16)13(8)17(33)34)24-14(31)11(27-35-2)9-6-37-18(21)23-9/h3,6,12,16H,4-5H2,1-2H3,(H2,21,23)(H,24,31)(H,33,34)(H,22,25,26). The number of hydrogen-bond acceptors (Lipinski definition) is 13. The molecule has 1 fully saturated rings. The van der Waals surface area contributed by atoms with Crippen molar-refractivity contribution in [3.63, 3.8) is 0 Å². The number of nitrogen functional groups attached to an aromatic ring is 1. The quantitative estimate of drug-likeness (QED) is 0.117. The Balaban J connectivity index is 1.32. The number of carbonyl (C=O) groups is 3. The summed E-state index contributed by atoms with van der Waals surface area (Å²) in [7, 11) is 1.26. The van der Waals surface area contributed by atoms with Crippen molar-refractivity contribution in [2.45, 2.75) is 23.5 Å². The van der Waals surface area contributed by atoms with Crippen LogP contribution in [0.4, 0.5) is 5.13 Å². The number of anilines is 1. The van der Waals surface area contributed by atoms with Gasteiger partial charge in [0.15, 0.2) is 16.0 Å². The van der Waals surface area contributed by atoms with E-state index in [1.54, 1.807) is 6.92 Å². The molecule has 0 bridgehead atoms. The number of thiazole rings is 1. The van der Waals surface area contributed by atoms with Gasteiger partial charge in [0.05, 0.1) is 0 Å². The molecular formula is C20H19N9O6S3. The lowest BCUT2D eigenvalue weighted by Crippen LogP contribution is -2.71. The van der Waals surface area contributed by atoms with Gasteiger partial charge in [-0.2, -0.15) is 9.50 Å². The third-order valence-corrected chi connectivity index (χ3v) is 8.48. The number of aliphatic carboxylic acids is 1. The van der Waals surface area contributed by atoms with E-state index in [9.17, 15) is 24.3 Å². The molecule has 2 unspecified atom stereocenters. The Kier molecular flexibility index (Phi) is 6.84. The number of thioether (sulfide) groups is 2. The number of rotatable bonds is 8. The molecule has 2 aliphatic rings. The molecule has 3 aromatic heterocycles. The van der Waals surface area contributed by atoms with Crippen molar-refractivity contribution in [1.82, 2.24) is 34.8 Å². The van der Waals surface area contributed by atoms with Crippen LogP contribution in [0.25, 0.3) is 5.78 Å². The number of carbonyl (C=O) groups excluding carboxylic acids is 2. The number of oxime groups is 1. The second kappa shape index (κ2) is 10.1. The van der Waals surface area contributed by atoms with E-state index >= 15 is 0 Å². The molecule has 3 aromatic rings. The molecule has 15 nitrogen and oxygen atoms in total. The second-order valence-electron chi connectivity index (χ2n) is 8.00. The first kappa shape index (κ1) is 25.7. The molecule has 18 heteroatoms. The van der Waals surface area contributed by atoms with Gasteiger partial charge in [-0.3, -0.25) is 24.4 Å². The number of fused-ring (bicyclic) bond motifs is 2. The summed E-state index contributed by atoms with van der Waals surface area (Å²) in [5.41, 5.74) is 6.24. The SMILES string of the molecule is CON=C(C(=O)NC1C(=O)N2C(C(=O)O)=C(CSc3nc4nc(C)cc(=O)n4[nH]3)CSC12)c1csc(N)n1. The van der Waals surface area contributed by atoms with Gasteiger partial charge in [0.25, 0.3) is 23.2 Å². The number of aromatic amines is 1. The van der Waals surface area contributed by atoms with Crippen molar-refractivity contribution in [3.05, 3.63) is 44.5 Å². The van der Waals surface area contributed by atoms with Gasteiger partial charge in [0.2, 0.25) is 0 Å². The van der Waals surface area contributed by atoms with Crippen LogP contribution in [0, 0.1) is 6.92 Å². The summed E-state index contributed by atoms with van der Waals surface area (Å²) in [5, 5.41) is 20.6. The Bertz CT molecular complexity index is 1590. The van der Waals surface area contributed by atoms with Crippen LogP contribution < -0.4 is 16.6 Å². The molecule has 0 saturated carbocycles. The van der Waals surface area contributed by atoms with Crippen molar-refractivity contribution in [2.24, 2.45) is 5.16 Å². The number of aromatic nitrogens is 5. The zero-order valence-electron chi connectivity index (χ0n) is 19.7. The van der Waals surface area contributed by atoms with Crippen LogP contribution in [-0.2, 0) is 19.2 Å².